The van der Waals surface area contributed by atoms with Crippen LogP contribution in [0.4, 0.5) is 5.13 Å². The fourth-order valence-corrected chi connectivity index (χ4v) is 2.53. The molecule has 2 aromatic rings. The minimum Gasteiger partial charge on any atom is -0.411 e. The van der Waals surface area contributed by atoms with Crippen molar-refractivity contribution in [3.63, 3.8) is 0 Å². The third-order valence-electron chi connectivity index (χ3n) is 2.52. The number of carbonyl (C=O) groups excluding carboxylic acids is 1. The quantitative estimate of drug-likeness (QED) is 0.517. The number of aromatic nitrogens is 1. The Hall–Kier alpha value is -1.92. The standard InChI is InChI=1S/C13H12ClN3O2S/c1-8(17-19)11-7-20-13(15-11)16-12(18)6-9-3-2-4-10(14)5-9/h2-5,7,19H,6H2,1H3,(H,15,16,18). The monoisotopic (exact) mass is 309 g/mol. The van der Waals surface area contributed by atoms with E-state index < -0.39 is 0 Å². The van der Waals surface area contributed by atoms with Crippen LogP contribution < -0.4 is 5.32 Å². The molecule has 5 nitrogen and oxygen atoms in total. The topological polar surface area (TPSA) is 74.6 Å². The Morgan fingerprint density at radius 3 is 3.05 bits per heavy atom. The molecule has 0 unspecified atom stereocenters. The van der Waals surface area contributed by atoms with Crippen molar-refractivity contribution in [1.82, 2.24) is 4.98 Å². The van der Waals surface area contributed by atoms with Gasteiger partial charge in [-0.2, -0.15) is 0 Å². The predicted molar refractivity (Wildman–Crippen MR) is 79.9 cm³/mol. The largest absolute Gasteiger partial charge is 0.411 e. The van der Waals surface area contributed by atoms with Crippen LogP contribution in [0.15, 0.2) is 34.8 Å². The van der Waals surface area contributed by atoms with Gasteiger partial charge in [-0.15, -0.1) is 11.3 Å². The number of oxime groups is 1. The van der Waals surface area contributed by atoms with Gasteiger partial charge in [0.25, 0.3) is 0 Å². The molecular formula is C13H12ClN3O2S. The second-order valence-corrected chi connectivity index (χ2v) is 5.37. The zero-order valence-corrected chi connectivity index (χ0v) is 12.2. The van der Waals surface area contributed by atoms with Crippen molar-refractivity contribution in [2.45, 2.75) is 13.3 Å². The molecule has 20 heavy (non-hydrogen) atoms. The number of thiazole rings is 1. The Balaban J connectivity index is 2.00. The molecule has 104 valence electrons. The van der Waals surface area contributed by atoms with Crippen LogP contribution in [0.2, 0.25) is 5.02 Å². The van der Waals surface area contributed by atoms with E-state index in [9.17, 15) is 4.79 Å². The van der Waals surface area contributed by atoms with Crippen LogP contribution in [-0.4, -0.2) is 21.8 Å². The van der Waals surface area contributed by atoms with Crippen molar-refractivity contribution >= 4 is 39.7 Å². The maximum atomic E-state index is 11.9. The molecular weight excluding hydrogens is 298 g/mol. The molecule has 0 aliphatic heterocycles. The fourth-order valence-electron chi connectivity index (χ4n) is 1.54. The highest BCUT2D eigenvalue weighted by Crippen LogP contribution is 2.17. The van der Waals surface area contributed by atoms with E-state index >= 15 is 0 Å². The van der Waals surface area contributed by atoms with Gasteiger partial charge in [0.2, 0.25) is 5.91 Å². The third-order valence-corrected chi connectivity index (χ3v) is 3.52. The van der Waals surface area contributed by atoms with Crippen LogP contribution in [0.5, 0.6) is 0 Å². The average Bonchev–Trinajstić information content (AvgIpc) is 2.86. The zero-order valence-electron chi connectivity index (χ0n) is 10.6. The molecule has 1 aromatic carbocycles. The number of amides is 1. The van der Waals surface area contributed by atoms with Gasteiger partial charge in [0.1, 0.15) is 11.4 Å². The molecule has 0 saturated heterocycles. The maximum absolute atomic E-state index is 11.9. The summed E-state index contributed by atoms with van der Waals surface area (Å²) in [5, 5.41) is 17.2. The summed E-state index contributed by atoms with van der Waals surface area (Å²) < 4.78 is 0. The van der Waals surface area contributed by atoms with E-state index in [1.54, 1.807) is 30.5 Å². The first-order valence-electron chi connectivity index (χ1n) is 5.77. The average molecular weight is 310 g/mol. The molecule has 0 spiro atoms. The molecule has 7 heteroatoms. The number of hydrogen-bond donors (Lipinski definition) is 2. The van der Waals surface area contributed by atoms with Gasteiger partial charge in [0.15, 0.2) is 5.13 Å². The number of halogens is 1. The molecule has 0 saturated carbocycles. The molecule has 2 N–H and O–H groups in total. The summed E-state index contributed by atoms with van der Waals surface area (Å²) in [6.45, 7) is 1.63. The molecule has 0 bridgehead atoms. The van der Waals surface area contributed by atoms with Gasteiger partial charge >= 0.3 is 0 Å². The van der Waals surface area contributed by atoms with Gasteiger partial charge in [-0.25, -0.2) is 4.98 Å². The summed E-state index contributed by atoms with van der Waals surface area (Å²) in [6, 6.07) is 7.14. The predicted octanol–water partition coefficient (Wildman–Crippen LogP) is 3.18. The van der Waals surface area contributed by atoms with E-state index in [2.05, 4.69) is 15.5 Å². The van der Waals surface area contributed by atoms with Gasteiger partial charge in [-0.1, -0.05) is 28.9 Å². The Kier molecular flexibility index (Phi) is 4.70. The van der Waals surface area contributed by atoms with Crippen LogP contribution in [-0.2, 0) is 11.2 Å². The summed E-state index contributed by atoms with van der Waals surface area (Å²) in [5.74, 6) is -0.174. The summed E-state index contributed by atoms with van der Waals surface area (Å²) in [6.07, 6.45) is 0.225. The lowest BCUT2D eigenvalue weighted by molar-refractivity contribution is -0.115. The van der Waals surface area contributed by atoms with Crippen LogP contribution in [0.3, 0.4) is 0 Å². The Morgan fingerprint density at radius 1 is 1.55 bits per heavy atom. The van der Waals surface area contributed by atoms with Crippen molar-refractivity contribution in [1.29, 1.82) is 0 Å². The third kappa shape index (κ3) is 3.79. The minimum absolute atomic E-state index is 0.174. The summed E-state index contributed by atoms with van der Waals surface area (Å²) >= 11 is 7.14. The number of benzene rings is 1. The highest BCUT2D eigenvalue weighted by Gasteiger charge is 2.09. The first kappa shape index (κ1) is 14.5. The minimum atomic E-state index is -0.174. The highest BCUT2D eigenvalue weighted by atomic mass is 35.5. The normalized spacial score (nSPS) is 11.4. The fraction of sp³-hybridized carbons (Fsp3) is 0.154. The second-order valence-electron chi connectivity index (χ2n) is 4.08. The van der Waals surface area contributed by atoms with Gasteiger partial charge in [-0.05, 0) is 24.6 Å². The second kappa shape index (κ2) is 6.49. The van der Waals surface area contributed by atoms with E-state index in [1.165, 1.54) is 11.3 Å². The van der Waals surface area contributed by atoms with Crippen molar-refractivity contribution in [3.05, 3.63) is 45.9 Å². The van der Waals surface area contributed by atoms with E-state index in [-0.39, 0.29) is 12.3 Å². The first-order chi connectivity index (χ1) is 9.58. The van der Waals surface area contributed by atoms with Crippen molar-refractivity contribution in [3.8, 4) is 0 Å². The van der Waals surface area contributed by atoms with Crippen molar-refractivity contribution < 1.29 is 10.0 Å². The zero-order chi connectivity index (χ0) is 14.5. The van der Waals surface area contributed by atoms with Gasteiger partial charge in [0, 0.05) is 10.4 Å². The molecule has 0 radical (unpaired) electrons. The summed E-state index contributed by atoms with van der Waals surface area (Å²) in [4.78, 5) is 16.0. The van der Waals surface area contributed by atoms with Crippen LogP contribution in [0.25, 0.3) is 0 Å². The SMILES string of the molecule is CC(=NO)c1csc(NC(=O)Cc2cccc(Cl)c2)n1. The lowest BCUT2D eigenvalue weighted by Crippen LogP contribution is -2.14. The number of nitrogens with one attached hydrogen (secondary N) is 1. The number of anilines is 1. The molecule has 2 rings (SSSR count). The molecule has 1 amide bonds. The Morgan fingerprint density at radius 2 is 2.35 bits per heavy atom. The first-order valence-corrected chi connectivity index (χ1v) is 7.03. The molecule has 0 atom stereocenters. The molecule has 1 aromatic heterocycles. The smallest absolute Gasteiger partial charge is 0.230 e. The van der Waals surface area contributed by atoms with E-state index in [4.69, 9.17) is 16.8 Å². The Labute approximate surface area is 124 Å². The van der Waals surface area contributed by atoms with Gasteiger partial charge in [-0.3, -0.25) is 4.79 Å². The van der Waals surface area contributed by atoms with Crippen molar-refractivity contribution in [2.24, 2.45) is 5.16 Å². The lowest BCUT2D eigenvalue weighted by atomic mass is 10.1. The molecule has 1 heterocycles. The van der Waals surface area contributed by atoms with Gasteiger partial charge in [0.05, 0.1) is 6.42 Å². The van der Waals surface area contributed by atoms with Crippen molar-refractivity contribution in [2.75, 3.05) is 5.32 Å². The van der Waals surface area contributed by atoms with E-state index in [1.807, 2.05) is 6.07 Å². The number of rotatable bonds is 4. The molecule has 0 fully saturated rings. The maximum Gasteiger partial charge on any atom is 0.230 e. The summed E-state index contributed by atoms with van der Waals surface area (Å²) in [5.41, 5.74) is 1.77. The van der Waals surface area contributed by atoms with E-state index in [0.717, 1.165) is 5.56 Å². The van der Waals surface area contributed by atoms with E-state index in [0.29, 0.717) is 21.6 Å². The molecule has 0 aliphatic rings. The van der Waals surface area contributed by atoms with Gasteiger partial charge < -0.3 is 10.5 Å². The molecule has 0 aliphatic carbocycles. The number of hydrogen-bond acceptors (Lipinski definition) is 5. The number of nitrogens with zero attached hydrogens (tertiary/aromatic N) is 2. The number of carbonyl (C=O) groups is 1. The lowest BCUT2D eigenvalue weighted by Gasteiger charge is -2.02. The van der Waals surface area contributed by atoms with Crippen LogP contribution >= 0.6 is 22.9 Å². The van der Waals surface area contributed by atoms with Crippen LogP contribution in [0, 0.1) is 0 Å². The highest BCUT2D eigenvalue weighted by molar-refractivity contribution is 7.14. The van der Waals surface area contributed by atoms with Crippen LogP contribution in [0.1, 0.15) is 18.2 Å². The Bertz CT molecular complexity index is 655. The summed E-state index contributed by atoms with van der Waals surface area (Å²) in [7, 11) is 0.